The highest BCUT2D eigenvalue weighted by atomic mass is 16.5. The van der Waals surface area contributed by atoms with Crippen molar-refractivity contribution < 1.29 is 9.53 Å². The van der Waals surface area contributed by atoms with E-state index < -0.39 is 5.41 Å². The normalized spacial score (nSPS) is 15.6. The van der Waals surface area contributed by atoms with E-state index in [1.54, 1.807) is 13.0 Å². The maximum absolute atomic E-state index is 11.8. The summed E-state index contributed by atoms with van der Waals surface area (Å²) in [5, 5.41) is 0. The van der Waals surface area contributed by atoms with Crippen molar-refractivity contribution in [2.45, 2.75) is 25.2 Å². The molecule has 2 N–H and O–H groups in total. The minimum Gasteiger partial charge on any atom is -0.468 e. The number of anilines is 1. The molecule has 0 unspecified atom stereocenters. The second-order valence-corrected chi connectivity index (χ2v) is 4.25. The molecule has 1 aliphatic rings. The fourth-order valence-electron chi connectivity index (χ4n) is 2.03. The van der Waals surface area contributed by atoms with Crippen LogP contribution in [0, 0.1) is 11.8 Å². The maximum Gasteiger partial charge on any atom is 0.316 e. The monoisotopic (exact) mass is 229 g/mol. The standard InChI is InChI=1S/C14H15NO2/c1-3-4-10-9-11(5-6-12(10)15)14(7-8-14)13(16)17-2/h5-6,9H,7-8,15H2,1-2H3. The number of nitrogen functional groups attached to an aromatic ring is 1. The van der Waals surface area contributed by atoms with E-state index in [0.717, 1.165) is 24.0 Å². The Morgan fingerprint density at radius 2 is 2.18 bits per heavy atom. The molecular weight excluding hydrogens is 214 g/mol. The van der Waals surface area contributed by atoms with Gasteiger partial charge in [-0.25, -0.2) is 0 Å². The molecule has 0 spiro atoms. The fourth-order valence-corrected chi connectivity index (χ4v) is 2.03. The molecule has 0 heterocycles. The van der Waals surface area contributed by atoms with Crippen LogP contribution in [0.4, 0.5) is 5.69 Å². The van der Waals surface area contributed by atoms with Gasteiger partial charge in [0.05, 0.1) is 12.5 Å². The molecule has 0 radical (unpaired) electrons. The molecule has 0 atom stereocenters. The zero-order valence-electron chi connectivity index (χ0n) is 10.0. The summed E-state index contributed by atoms with van der Waals surface area (Å²) in [6.07, 6.45) is 1.67. The SMILES string of the molecule is CC#Cc1cc(C2(C(=O)OC)CC2)ccc1N. The average molecular weight is 229 g/mol. The summed E-state index contributed by atoms with van der Waals surface area (Å²) < 4.78 is 4.86. The first-order valence-corrected chi connectivity index (χ1v) is 5.55. The molecule has 17 heavy (non-hydrogen) atoms. The molecular formula is C14H15NO2. The van der Waals surface area contributed by atoms with Crippen LogP contribution in [0.15, 0.2) is 18.2 Å². The Morgan fingerprint density at radius 3 is 2.71 bits per heavy atom. The van der Waals surface area contributed by atoms with Gasteiger partial charge in [-0.15, -0.1) is 5.92 Å². The number of rotatable bonds is 2. The zero-order valence-corrected chi connectivity index (χ0v) is 10.0. The van der Waals surface area contributed by atoms with E-state index in [4.69, 9.17) is 10.5 Å². The maximum atomic E-state index is 11.8. The molecule has 0 aromatic heterocycles. The second-order valence-electron chi connectivity index (χ2n) is 4.25. The van der Waals surface area contributed by atoms with E-state index in [-0.39, 0.29) is 5.97 Å². The Labute approximate surface area is 101 Å². The van der Waals surface area contributed by atoms with Crippen LogP contribution >= 0.6 is 0 Å². The van der Waals surface area contributed by atoms with E-state index in [9.17, 15) is 4.79 Å². The van der Waals surface area contributed by atoms with Crippen LogP contribution in [0.25, 0.3) is 0 Å². The number of benzene rings is 1. The van der Waals surface area contributed by atoms with Gasteiger partial charge in [-0.05, 0) is 37.5 Å². The summed E-state index contributed by atoms with van der Waals surface area (Å²) in [5.41, 5.74) is 7.75. The summed E-state index contributed by atoms with van der Waals surface area (Å²) in [7, 11) is 1.42. The van der Waals surface area contributed by atoms with Gasteiger partial charge >= 0.3 is 5.97 Å². The molecule has 0 bridgehead atoms. The van der Waals surface area contributed by atoms with E-state index >= 15 is 0 Å². The average Bonchev–Trinajstić information content (AvgIpc) is 3.12. The first-order chi connectivity index (χ1) is 8.14. The van der Waals surface area contributed by atoms with Crippen molar-refractivity contribution in [3.8, 4) is 11.8 Å². The van der Waals surface area contributed by atoms with Crippen molar-refractivity contribution in [3.63, 3.8) is 0 Å². The number of nitrogens with two attached hydrogens (primary N) is 1. The van der Waals surface area contributed by atoms with Gasteiger partial charge in [0.15, 0.2) is 0 Å². The number of ether oxygens (including phenoxy) is 1. The highest BCUT2D eigenvalue weighted by molar-refractivity contribution is 5.87. The van der Waals surface area contributed by atoms with Gasteiger partial charge in [-0.3, -0.25) is 4.79 Å². The van der Waals surface area contributed by atoms with Crippen LogP contribution < -0.4 is 5.73 Å². The van der Waals surface area contributed by atoms with Crippen LogP contribution in [0.1, 0.15) is 30.9 Å². The van der Waals surface area contributed by atoms with Crippen LogP contribution in [0.2, 0.25) is 0 Å². The first kappa shape index (κ1) is 11.5. The van der Waals surface area contributed by atoms with Crippen LogP contribution in [0.5, 0.6) is 0 Å². The van der Waals surface area contributed by atoms with Crippen molar-refractivity contribution in [2.24, 2.45) is 0 Å². The zero-order chi connectivity index (χ0) is 12.5. The minimum absolute atomic E-state index is 0.169. The van der Waals surface area contributed by atoms with E-state index in [2.05, 4.69) is 11.8 Å². The summed E-state index contributed by atoms with van der Waals surface area (Å²) in [4.78, 5) is 11.8. The van der Waals surface area contributed by atoms with Crippen LogP contribution in [0.3, 0.4) is 0 Å². The molecule has 0 saturated heterocycles. The van der Waals surface area contributed by atoms with Gasteiger partial charge < -0.3 is 10.5 Å². The van der Waals surface area contributed by atoms with E-state index in [0.29, 0.717) is 5.69 Å². The molecule has 3 nitrogen and oxygen atoms in total. The quantitative estimate of drug-likeness (QED) is 0.478. The molecule has 1 saturated carbocycles. The third-order valence-corrected chi connectivity index (χ3v) is 3.19. The smallest absolute Gasteiger partial charge is 0.316 e. The highest BCUT2D eigenvalue weighted by Crippen LogP contribution is 2.49. The van der Waals surface area contributed by atoms with Gasteiger partial charge in [0, 0.05) is 11.3 Å². The number of esters is 1. The summed E-state index contributed by atoms with van der Waals surface area (Å²) >= 11 is 0. The summed E-state index contributed by atoms with van der Waals surface area (Å²) in [6.45, 7) is 1.76. The predicted molar refractivity (Wildman–Crippen MR) is 66.3 cm³/mol. The van der Waals surface area contributed by atoms with E-state index in [1.807, 2.05) is 12.1 Å². The Hall–Kier alpha value is -1.95. The van der Waals surface area contributed by atoms with Crippen molar-refractivity contribution >= 4 is 11.7 Å². The third-order valence-electron chi connectivity index (χ3n) is 3.19. The van der Waals surface area contributed by atoms with Gasteiger partial charge in [0.2, 0.25) is 0 Å². The van der Waals surface area contributed by atoms with Crippen molar-refractivity contribution in [2.75, 3.05) is 12.8 Å². The Balaban J connectivity index is 2.43. The fraction of sp³-hybridized carbons (Fsp3) is 0.357. The summed E-state index contributed by atoms with van der Waals surface area (Å²) in [6, 6.07) is 5.59. The third kappa shape index (κ3) is 1.87. The molecule has 2 rings (SSSR count). The van der Waals surface area contributed by atoms with Gasteiger partial charge in [0.25, 0.3) is 0 Å². The van der Waals surface area contributed by atoms with Gasteiger partial charge in [-0.1, -0.05) is 12.0 Å². The number of carbonyl (C=O) groups is 1. The molecule has 0 amide bonds. The molecule has 88 valence electrons. The Bertz CT molecular complexity index is 519. The van der Waals surface area contributed by atoms with Crippen molar-refractivity contribution in [1.82, 2.24) is 0 Å². The van der Waals surface area contributed by atoms with Crippen LogP contribution in [-0.4, -0.2) is 13.1 Å². The van der Waals surface area contributed by atoms with Crippen LogP contribution in [-0.2, 0) is 14.9 Å². The lowest BCUT2D eigenvalue weighted by Gasteiger charge is -2.13. The number of hydrogen-bond acceptors (Lipinski definition) is 3. The summed E-state index contributed by atoms with van der Waals surface area (Å²) in [5.74, 6) is 5.60. The highest BCUT2D eigenvalue weighted by Gasteiger charge is 2.52. The topological polar surface area (TPSA) is 52.3 Å². The second kappa shape index (κ2) is 4.14. The van der Waals surface area contributed by atoms with E-state index in [1.165, 1.54) is 7.11 Å². The molecule has 1 aliphatic carbocycles. The lowest BCUT2D eigenvalue weighted by atomic mass is 9.94. The Kier molecular flexibility index (Phi) is 2.81. The van der Waals surface area contributed by atoms with Gasteiger partial charge in [0.1, 0.15) is 0 Å². The largest absolute Gasteiger partial charge is 0.468 e. The molecule has 3 heteroatoms. The number of carbonyl (C=O) groups excluding carboxylic acids is 1. The lowest BCUT2D eigenvalue weighted by Crippen LogP contribution is -2.22. The minimum atomic E-state index is -0.452. The van der Waals surface area contributed by atoms with Crippen molar-refractivity contribution in [1.29, 1.82) is 0 Å². The molecule has 0 aliphatic heterocycles. The molecule has 1 aromatic carbocycles. The lowest BCUT2D eigenvalue weighted by molar-refractivity contribution is -0.143. The van der Waals surface area contributed by atoms with Gasteiger partial charge in [-0.2, -0.15) is 0 Å². The van der Waals surface area contributed by atoms with Crippen molar-refractivity contribution in [3.05, 3.63) is 29.3 Å². The molecule has 1 fully saturated rings. The number of methoxy groups -OCH3 is 1. The predicted octanol–water partition coefficient (Wildman–Crippen LogP) is 1.84. The first-order valence-electron chi connectivity index (χ1n) is 5.55. The molecule has 1 aromatic rings. The number of hydrogen-bond donors (Lipinski definition) is 1. The Morgan fingerprint density at radius 1 is 1.47 bits per heavy atom.